The van der Waals surface area contributed by atoms with Crippen molar-refractivity contribution in [1.29, 1.82) is 0 Å². The summed E-state index contributed by atoms with van der Waals surface area (Å²) in [7, 11) is 0. The van der Waals surface area contributed by atoms with Gasteiger partial charge in [0.1, 0.15) is 5.82 Å². The smallest absolute Gasteiger partial charge is 0.221 e. The van der Waals surface area contributed by atoms with Crippen molar-refractivity contribution in [2.24, 2.45) is 0 Å². The van der Waals surface area contributed by atoms with Gasteiger partial charge in [0, 0.05) is 53.4 Å². The van der Waals surface area contributed by atoms with E-state index in [1.165, 1.54) is 6.07 Å². The summed E-state index contributed by atoms with van der Waals surface area (Å²) >= 11 is 6.18. The number of rotatable bonds is 6. The van der Waals surface area contributed by atoms with Crippen LogP contribution in [-0.2, 0) is 11.3 Å². The van der Waals surface area contributed by atoms with Crippen molar-refractivity contribution < 1.29 is 9.18 Å². The van der Waals surface area contributed by atoms with Crippen LogP contribution in [0.15, 0.2) is 73.2 Å². The van der Waals surface area contributed by atoms with E-state index in [4.69, 9.17) is 11.6 Å². The highest BCUT2D eigenvalue weighted by Gasteiger charge is 2.24. The molecular weight excluding hydrogens is 389 g/mol. The summed E-state index contributed by atoms with van der Waals surface area (Å²) in [5.74, 6) is -0.942. The van der Waals surface area contributed by atoms with Crippen LogP contribution in [-0.4, -0.2) is 15.9 Å². The fraction of sp³-hybridized carbons (Fsp3) is 0.130. The maximum Gasteiger partial charge on any atom is 0.221 e. The molecule has 1 atom stereocenters. The average Bonchev–Trinajstić information content (AvgIpc) is 3.15. The highest BCUT2D eigenvalue weighted by molar-refractivity contribution is 6.31. The molecule has 4 aromatic rings. The van der Waals surface area contributed by atoms with E-state index in [1.807, 2.05) is 30.5 Å². The van der Waals surface area contributed by atoms with Crippen LogP contribution in [0.2, 0.25) is 5.02 Å². The number of amides is 1. The van der Waals surface area contributed by atoms with Gasteiger partial charge in [-0.1, -0.05) is 29.8 Å². The van der Waals surface area contributed by atoms with Crippen LogP contribution < -0.4 is 5.32 Å². The molecule has 2 aromatic carbocycles. The minimum atomic E-state index is -0.444. The summed E-state index contributed by atoms with van der Waals surface area (Å²) in [5.41, 5.74) is 3.16. The number of carbonyl (C=O) groups is 1. The van der Waals surface area contributed by atoms with Gasteiger partial charge in [0.15, 0.2) is 0 Å². The Kier molecular flexibility index (Phi) is 5.58. The number of pyridine rings is 1. The Labute approximate surface area is 172 Å². The van der Waals surface area contributed by atoms with Gasteiger partial charge in [0.25, 0.3) is 0 Å². The zero-order chi connectivity index (χ0) is 20.2. The van der Waals surface area contributed by atoms with Crippen LogP contribution in [0.25, 0.3) is 10.9 Å². The molecular formula is C23H19ClFN3O. The highest BCUT2D eigenvalue weighted by atomic mass is 35.5. The first kappa shape index (κ1) is 19.2. The zero-order valence-electron chi connectivity index (χ0n) is 15.5. The van der Waals surface area contributed by atoms with E-state index in [0.717, 1.165) is 22.0 Å². The summed E-state index contributed by atoms with van der Waals surface area (Å²) in [6.07, 6.45) is 5.30. The Hall–Kier alpha value is -3.18. The summed E-state index contributed by atoms with van der Waals surface area (Å²) in [6.45, 7) is 0.394. The van der Waals surface area contributed by atoms with Crippen molar-refractivity contribution in [2.75, 3.05) is 0 Å². The Morgan fingerprint density at radius 3 is 2.69 bits per heavy atom. The van der Waals surface area contributed by atoms with E-state index in [1.54, 1.807) is 36.7 Å². The third-order valence-corrected chi connectivity index (χ3v) is 5.20. The zero-order valence-corrected chi connectivity index (χ0v) is 16.3. The lowest BCUT2D eigenvalue weighted by Gasteiger charge is -2.18. The SMILES string of the molecule is O=C(C[C@@H](c1ccccc1F)c1c[nH]c2ccc(Cl)cc12)NCc1ccncc1. The van der Waals surface area contributed by atoms with Gasteiger partial charge in [-0.2, -0.15) is 0 Å². The first-order chi connectivity index (χ1) is 14.1. The Morgan fingerprint density at radius 1 is 1.10 bits per heavy atom. The lowest BCUT2D eigenvalue weighted by molar-refractivity contribution is -0.121. The van der Waals surface area contributed by atoms with Gasteiger partial charge in [-0.25, -0.2) is 4.39 Å². The average molecular weight is 408 g/mol. The number of aromatic amines is 1. The van der Waals surface area contributed by atoms with Crippen LogP contribution in [0.4, 0.5) is 4.39 Å². The lowest BCUT2D eigenvalue weighted by Crippen LogP contribution is -2.25. The standard InChI is InChI=1S/C23H19ClFN3O/c24-16-5-6-22-19(11-16)20(14-27-22)18(17-3-1-2-4-21(17)25)12-23(29)28-13-15-7-9-26-10-8-15/h1-11,14,18,27H,12-13H2,(H,28,29)/t18-/m0/s1. The molecule has 0 bridgehead atoms. The van der Waals surface area contributed by atoms with Gasteiger partial charge in [0.05, 0.1) is 0 Å². The van der Waals surface area contributed by atoms with Crippen LogP contribution in [0.5, 0.6) is 0 Å². The normalized spacial score (nSPS) is 12.1. The second-order valence-corrected chi connectivity index (χ2v) is 7.28. The van der Waals surface area contributed by atoms with Gasteiger partial charge in [0.2, 0.25) is 5.91 Å². The van der Waals surface area contributed by atoms with Crippen molar-refractivity contribution in [1.82, 2.24) is 15.3 Å². The molecule has 4 nitrogen and oxygen atoms in total. The second kappa shape index (κ2) is 8.45. The van der Waals surface area contributed by atoms with Crippen LogP contribution >= 0.6 is 11.6 Å². The number of aromatic nitrogens is 2. The summed E-state index contributed by atoms with van der Waals surface area (Å²) < 4.78 is 14.6. The Bertz CT molecular complexity index is 1140. The minimum Gasteiger partial charge on any atom is -0.361 e. The molecule has 0 radical (unpaired) electrons. The molecule has 4 rings (SSSR count). The molecule has 0 aliphatic rings. The molecule has 6 heteroatoms. The summed E-state index contributed by atoms with van der Waals surface area (Å²) in [5, 5.41) is 4.39. The maximum atomic E-state index is 14.6. The van der Waals surface area contributed by atoms with Crippen molar-refractivity contribution in [3.8, 4) is 0 Å². The van der Waals surface area contributed by atoms with E-state index < -0.39 is 5.92 Å². The van der Waals surface area contributed by atoms with Crippen molar-refractivity contribution >= 4 is 28.4 Å². The molecule has 0 saturated heterocycles. The monoisotopic (exact) mass is 407 g/mol. The van der Waals surface area contributed by atoms with E-state index in [-0.39, 0.29) is 18.1 Å². The Balaban J connectivity index is 1.65. The van der Waals surface area contributed by atoms with Gasteiger partial charge in [-0.05, 0) is 53.1 Å². The largest absolute Gasteiger partial charge is 0.361 e. The quantitative estimate of drug-likeness (QED) is 0.462. The molecule has 0 unspecified atom stereocenters. The molecule has 2 N–H and O–H groups in total. The molecule has 0 aliphatic heterocycles. The summed E-state index contributed by atoms with van der Waals surface area (Å²) in [4.78, 5) is 19.9. The van der Waals surface area contributed by atoms with Crippen LogP contribution in [0, 0.1) is 5.82 Å². The number of fused-ring (bicyclic) bond motifs is 1. The first-order valence-corrected chi connectivity index (χ1v) is 9.66. The summed E-state index contributed by atoms with van der Waals surface area (Å²) in [6, 6.07) is 15.8. The second-order valence-electron chi connectivity index (χ2n) is 6.84. The van der Waals surface area contributed by atoms with Gasteiger partial charge >= 0.3 is 0 Å². The highest BCUT2D eigenvalue weighted by Crippen LogP contribution is 2.35. The van der Waals surface area contributed by atoms with E-state index in [0.29, 0.717) is 17.1 Å². The molecule has 0 spiro atoms. The minimum absolute atomic E-state index is 0.117. The number of hydrogen-bond donors (Lipinski definition) is 2. The third-order valence-electron chi connectivity index (χ3n) is 4.96. The lowest BCUT2D eigenvalue weighted by atomic mass is 9.87. The topological polar surface area (TPSA) is 57.8 Å². The molecule has 0 saturated carbocycles. The number of nitrogens with zero attached hydrogens (tertiary/aromatic N) is 1. The third kappa shape index (κ3) is 4.30. The van der Waals surface area contributed by atoms with E-state index >= 15 is 0 Å². The number of halogens is 2. The van der Waals surface area contributed by atoms with E-state index in [9.17, 15) is 9.18 Å². The molecule has 1 amide bonds. The number of nitrogens with one attached hydrogen (secondary N) is 2. The van der Waals surface area contributed by atoms with Gasteiger partial charge < -0.3 is 10.3 Å². The van der Waals surface area contributed by atoms with Crippen LogP contribution in [0.1, 0.15) is 29.0 Å². The fourth-order valence-corrected chi connectivity index (χ4v) is 3.68. The number of carbonyl (C=O) groups excluding carboxylic acids is 1. The molecule has 146 valence electrons. The molecule has 0 aliphatic carbocycles. The molecule has 0 fully saturated rings. The van der Waals surface area contributed by atoms with Crippen molar-refractivity contribution in [3.63, 3.8) is 0 Å². The van der Waals surface area contributed by atoms with Gasteiger partial charge in [-0.15, -0.1) is 0 Å². The number of H-pyrrole nitrogens is 1. The van der Waals surface area contributed by atoms with Crippen LogP contribution in [0.3, 0.4) is 0 Å². The van der Waals surface area contributed by atoms with Crippen molar-refractivity contribution in [2.45, 2.75) is 18.9 Å². The predicted octanol–water partition coefficient (Wildman–Crippen LogP) is 5.19. The maximum absolute atomic E-state index is 14.6. The predicted molar refractivity (Wildman–Crippen MR) is 112 cm³/mol. The van der Waals surface area contributed by atoms with Gasteiger partial charge in [-0.3, -0.25) is 9.78 Å². The molecule has 2 aromatic heterocycles. The first-order valence-electron chi connectivity index (χ1n) is 9.28. The molecule has 2 heterocycles. The number of benzene rings is 2. The number of hydrogen-bond acceptors (Lipinski definition) is 2. The molecule has 29 heavy (non-hydrogen) atoms. The Morgan fingerprint density at radius 2 is 1.90 bits per heavy atom. The van der Waals surface area contributed by atoms with E-state index in [2.05, 4.69) is 15.3 Å². The fourth-order valence-electron chi connectivity index (χ4n) is 3.51. The van der Waals surface area contributed by atoms with Crippen molar-refractivity contribution in [3.05, 3.63) is 101 Å².